The first-order chi connectivity index (χ1) is 9.05. The lowest BCUT2D eigenvalue weighted by molar-refractivity contribution is 0.281. The molecule has 1 heterocycles. The van der Waals surface area contributed by atoms with Crippen LogP contribution in [0.1, 0.15) is 30.9 Å². The molecule has 0 radical (unpaired) electrons. The molecule has 106 valence electrons. The quantitative estimate of drug-likeness (QED) is 0.895. The first kappa shape index (κ1) is 14.5. The summed E-state index contributed by atoms with van der Waals surface area (Å²) in [6, 6.07) is 7.13. The Morgan fingerprint density at radius 2 is 2.11 bits per heavy atom. The Kier molecular flexibility index (Phi) is 4.60. The molecule has 1 aliphatic heterocycles. The van der Waals surface area contributed by atoms with Crippen LogP contribution in [-0.2, 0) is 22.4 Å². The molecule has 4 nitrogen and oxygen atoms in total. The molecule has 1 N–H and O–H groups in total. The number of hydrogen-bond donors (Lipinski definition) is 1. The van der Waals surface area contributed by atoms with Crippen LogP contribution < -0.4 is 0 Å². The second-order valence-electron chi connectivity index (χ2n) is 5.16. The van der Waals surface area contributed by atoms with E-state index in [1.54, 1.807) is 28.6 Å². The van der Waals surface area contributed by atoms with Crippen LogP contribution in [0.5, 0.6) is 0 Å². The Balaban J connectivity index is 2.08. The van der Waals surface area contributed by atoms with Crippen LogP contribution in [0.15, 0.2) is 24.3 Å². The Bertz CT molecular complexity index is 527. The molecule has 0 aromatic heterocycles. The molecular formula is C14H21NO3S. The summed E-state index contributed by atoms with van der Waals surface area (Å²) in [6.45, 7) is 3.33. The first-order valence-electron chi connectivity index (χ1n) is 6.71. The van der Waals surface area contributed by atoms with Crippen molar-refractivity contribution >= 4 is 10.0 Å². The summed E-state index contributed by atoms with van der Waals surface area (Å²) >= 11 is 0. The Hall–Kier alpha value is -0.910. The largest absolute Gasteiger partial charge is 0.392 e. The minimum absolute atomic E-state index is 0.0251. The molecule has 1 saturated heterocycles. The summed E-state index contributed by atoms with van der Waals surface area (Å²) in [5.74, 6) is 0.524. The third-order valence-corrected chi connectivity index (χ3v) is 5.56. The third kappa shape index (κ3) is 3.55. The molecule has 1 fully saturated rings. The molecule has 1 aliphatic rings. The third-order valence-electron chi connectivity index (χ3n) is 3.74. The van der Waals surface area contributed by atoms with Crippen LogP contribution in [0.4, 0.5) is 0 Å². The van der Waals surface area contributed by atoms with E-state index in [4.69, 9.17) is 5.11 Å². The Labute approximate surface area is 115 Å². The molecule has 19 heavy (non-hydrogen) atoms. The lowest BCUT2D eigenvalue weighted by Gasteiger charge is -2.16. The molecule has 5 heteroatoms. The van der Waals surface area contributed by atoms with E-state index >= 15 is 0 Å². The normalized spacial score (nSPS) is 20.8. The van der Waals surface area contributed by atoms with Gasteiger partial charge in [-0.2, -0.15) is 0 Å². The van der Waals surface area contributed by atoms with E-state index in [9.17, 15) is 8.42 Å². The molecule has 0 aliphatic carbocycles. The summed E-state index contributed by atoms with van der Waals surface area (Å²) in [7, 11) is -3.23. The van der Waals surface area contributed by atoms with Crippen molar-refractivity contribution in [1.29, 1.82) is 0 Å². The molecule has 1 unspecified atom stereocenters. The highest BCUT2D eigenvalue weighted by atomic mass is 32.2. The number of sulfonamides is 1. The number of hydrogen-bond acceptors (Lipinski definition) is 3. The van der Waals surface area contributed by atoms with Crippen LogP contribution in [0.3, 0.4) is 0 Å². The summed E-state index contributed by atoms with van der Waals surface area (Å²) in [5.41, 5.74) is 1.49. The highest BCUT2D eigenvalue weighted by molar-refractivity contribution is 7.88. The monoisotopic (exact) mass is 283 g/mol. The summed E-state index contributed by atoms with van der Waals surface area (Å²) < 4.78 is 26.3. The van der Waals surface area contributed by atoms with Crippen molar-refractivity contribution in [2.24, 2.45) is 5.92 Å². The van der Waals surface area contributed by atoms with Crippen molar-refractivity contribution in [3.63, 3.8) is 0 Å². The standard InChI is InChI=1S/C14H21NO3S/c1-2-12-6-7-15(9-12)19(17,18)11-14-5-3-4-13(8-14)10-16/h3-5,8,12,16H,2,6-7,9-11H2,1H3. The fourth-order valence-electron chi connectivity index (χ4n) is 2.50. The van der Waals surface area contributed by atoms with Crippen LogP contribution in [0, 0.1) is 5.92 Å². The van der Waals surface area contributed by atoms with E-state index in [0.717, 1.165) is 24.0 Å². The van der Waals surface area contributed by atoms with Gasteiger partial charge >= 0.3 is 0 Å². The van der Waals surface area contributed by atoms with Crippen molar-refractivity contribution in [3.8, 4) is 0 Å². The van der Waals surface area contributed by atoms with E-state index in [2.05, 4.69) is 6.92 Å². The molecule has 0 spiro atoms. The van der Waals surface area contributed by atoms with Gasteiger partial charge in [-0.05, 0) is 23.5 Å². The lowest BCUT2D eigenvalue weighted by atomic mass is 10.1. The Morgan fingerprint density at radius 3 is 2.74 bits per heavy atom. The molecule has 2 rings (SSSR count). The van der Waals surface area contributed by atoms with Gasteiger partial charge in [0.1, 0.15) is 0 Å². The topological polar surface area (TPSA) is 57.6 Å². The fraction of sp³-hybridized carbons (Fsp3) is 0.571. The predicted molar refractivity (Wildman–Crippen MR) is 75.0 cm³/mol. The summed E-state index contributed by atoms with van der Waals surface area (Å²) in [6.07, 6.45) is 2.00. The zero-order valence-electron chi connectivity index (χ0n) is 11.2. The molecule has 0 saturated carbocycles. The maximum absolute atomic E-state index is 12.3. The number of aliphatic hydroxyl groups excluding tert-OH is 1. The van der Waals surface area contributed by atoms with E-state index in [1.165, 1.54) is 0 Å². The number of benzene rings is 1. The predicted octanol–water partition coefficient (Wildman–Crippen LogP) is 1.74. The molecule has 1 aromatic rings. The van der Waals surface area contributed by atoms with E-state index in [0.29, 0.717) is 19.0 Å². The Morgan fingerprint density at radius 1 is 1.37 bits per heavy atom. The SMILES string of the molecule is CCC1CCN(S(=O)(=O)Cc2cccc(CO)c2)C1. The molecule has 1 aromatic carbocycles. The second-order valence-corrected chi connectivity index (χ2v) is 7.12. The van der Waals surface area contributed by atoms with Gasteiger partial charge in [0, 0.05) is 13.1 Å². The second kappa shape index (κ2) is 6.03. The molecule has 1 atom stereocenters. The maximum Gasteiger partial charge on any atom is 0.218 e. The number of rotatable bonds is 5. The number of aliphatic hydroxyl groups is 1. The van der Waals surface area contributed by atoms with Gasteiger partial charge in [-0.25, -0.2) is 12.7 Å². The highest BCUT2D eigenvalue weighted by Crippen LogP contribution is 2.23. The fourth-order valence-corrected chi connectivity index (χ4v) is 4.11. The van der Waals surface area contributed by atoms with Crippen molar-refractivity contribution in [2.75, 3.05) is 13.1 Å². The average Bonchev–Trinajstić information content (AvgIpc) is 2.88. The van der Waals surface area contributed by atoms with Crippen molar-refractivity contribution in [2.45, 2.75) is 32.1 Å². The first-order valence-corrected chi connectivity index (χ1v) is 8.32. The van der Waals surface area contributed by atoms with Crippen molar-refractivity contribution < 1.29 is 13.5 Å². The summed E-state index contributed by atoms with van der Waals surface area (Å²) in [4.78, 5) is 0. The van der Waals surface area contributed by atoms with Crippen molar-refractivity contribution in [3.05, 3.63) is 35.4 Å². The van der Waals surface area contributed by atoms with Crippen molar-refractivity contribution in [1.82, 2.24) is 4.31 Å². The van der Waals surface area contributed by atoms with Crippen LogP contribution in [0.2, 0.25) is 0 Å². The zero-order chi connectivity index (χ0) is 13.9. The van der Waals surface area contributed by atoms with E-state index in [1.807, 2.05) is 0 Å². The van der Waals surface area contributed by atoms with Crippen LogP contribution in [0.25, 0.3) is 0 Å². The van der Waals surface area contributed by atoms with Gasteiger partial charge < -0.3 is 5.11 Å². The van der Waals surface area contributed by atoms with E-state index in [-0.39, 0.29) is 12.4 Å². The minimum atomic E-state index is -3.23. The molecule has 0 bridgehead atoms. The minimum Gasteiger partial charge on any atom is -0.392 e. The lowest BCUT2D eigenvalue weighted by Crippen LogP contribution is -2.30. The molecule has 0 amide bonds. The summed E-state index contributed by atoms with van der Waals surface area (Å²) in [5, 5.41) is 9.08. The van der Waals surface area contributed by atoms with Gasteiger partial charge in [-0.3, -0.25) is 0 Å². The van der Waals surface area contributed by atoms with Gasteiger partial charge in [0.15, 0.2) is 0 Å². The van der Waals surface area contributed by atoms with Gasteiger partial charge in [0.05, 0.1) is 12.4 Å². The van der Waals surface area contributed by atoms with Gasteiger partial charge in [0.25, 0.3) is 0 Å². The van der Waals surface area contributed by atoms with E-state index < -0.39 is 10.0 Å². The van der Waals surface area contributed by atoms with Crippen LogP contribution in [-0.4, -0.2) is 30.9 Å². The highest BCUT2D eigenvalue weighted by Gasteiger charge is 2.30. The van der Waals surface area contributed by atoms with Gasteiger partial charge in [-0.1, -0.05) is 37.6 Å². The number of nitrogens with zero attached hydrogens (tertiary/aromatic N) is 1. The zero-order valence-corrected chi connectivity index (χ0v) is 12.1. The average molecular weight is 283 g/mol. The van der Waals surface area contributed by atoms with Gasteiger partial charge in [-0.15, -0.1) is 0 Å². The van der Waals surface area contributed by atoms with Crippen LogP contribution >= 0.6 is 0 Å². The smallest absolute Gasteiger partial charge is 0.218 e. The van der Waals surface area contributed by atoms with Gasteiger partial charge in [0.2, 0.25) is 10.0 Å². The maximum atomic E-state index is 12.3. The molecular weight excluding hydrogens is 262 g/mol.